The van der Waals surface area contributed by atoms with E-state index < -0.39 is 5.91 Å². The molecular weight excluding hydrogens is 266 g/mol. The number of halogens is 1. The van der Waals surface area contributed by atoms with Crippen molar-refractivity contribution in [3.63, 3.8) is 0 Å². The molecule has 0 atom stereocenters. The predicted octanol–water partition coefficient (Wildman–Crippen LogP) is 1.69. The Bertz CT molecular complexity index is 496. The molecule has 0 fully saturated rings. The molecule has 1 aromatic heterocycles. The van der Waals surface area contributed by atoms with Crippen molar-refractivity contribution in [2.75, 3.05) is 0 Å². The molecule has 1 amide bonds. The fraction of sp³-hybridized carbons (Fsp3) is 0.125. The first kappa shape index (κ1) is 9.54. The molecule has 0 unspecified atom stereocenters. The summed E-state index contributed by atoms with van der Waals surface area (Å²) in [6, 6.07) is 3.52. The smallest absolute Gasteiger partial charge is 0.251 e. The number of hydrogen-bond acceptors (Lipinski definition) is 4. The number of amides is 1. The van der Waals surface area contributed by atoms with E-state index in [9.17, 15) is 4.79 Å². The van der Waals surface area contributed by atoms with E-state index in [1.54, 1.807) is 6.07 Å². The van der Waals surface area contributed by atoms with Gasteiger partial charge in [-0.3, -0.25) is 4.79 Å². The summed E-state index contributed by atoms with van der Waals surface area (Å²) in [4.78, 5) is 11.1. The van der Waals surface area contributed by atoms with Crippen molar-refractivity contribution in [1.82, 2.24) is 8.75 Å². The molecule has 4 nitrogen and oxygen atoms in total. The molecule has 0 saturated carbocycles. The van der Waals surface area contributed by atoms with Crippen LogP contribution in [0.15, 0.2) is 12.1 Å². The SMILES string of the molecule is NC(=O)c1ccc(CBr)c2nsnc12. The second kappa shape index (κ2) is 3.62. The number of alkyl halides is 1. The number of benzene rings is 1. The van der Waals surface area contributed by atoms with Gasteiger partial charge in [0.25, 0.3) is 5.91 Å². The Hall–Kier alpha value is -1.01. The first-order valence-corrected chi connectivity index (χ1v) is 5.69. The maximum absolute atomic E-state index is 11.1. The minimum atomic E-state index is -0.469. The molecular formula is C8H6BrN3OS. The fourth-order valence-corrected chi connectivity index (χ4v) is 2.27. The molecule has 0 spiro atoms. The van der Waals surface area contributed by atoms with Gasteiger partial charge in [-0.1, -0.05) is 22.0 Å². The van der Waals surface area contributed by atoms with E-state index in [-0.39, 0.29) is 0 Å². The molecule has 2 N–H and O–H groups in total. The summed E-state index contributed by atoms with van der Waals surface area (Å²) in [5.41, 5.74) is 8.01. The lowest BCUT2D eigenvalue weighted by atomic mass is 10.1. The van der Waals surface area contributed by atoms with Crippen LogP contribution in [-0.2, 0) is 5.33 Å². The number of primary amides is 1. The van der Waals surface area contributed by atoms with Crippen LogP contribution in [0.25, 0.3) is 11.0 Å². The summed E-state index contributed by atoms with van der Waals surface area (Å²) in [6.07, 6.45) is 0. The Labute approximate surface area is 92.6 Å². The molecule has 1 heterocycles. The highest BCUT2D eigenvalue weighted by molar-refractivity contribution is 9.08. The maximum atomic E-state index is 11.1. The van der Waals surface area contributed by atoms with Crippen LogP contribution < -0.4 is 5.73 Å². The minimum Gasteiger partial charge on any atom is -0.366 e. The third kappa shape index (κ3) is 1.40. The van der Waals surface area contributed by atoms with E-state index >= 15 is 0 Å². The van der Waals surface area contributed by atoms with Crippen molar-refractivity contribution in [2.24, 2.45) is 5.73 Å². The highest BCUT2D eigenvalue weighted by Crippen LogP contribution is 2.22. The van der Waals surface area contributed by atoms with Gasteiger partial charge in [-0.05, 0) is 11.6 Å². The lowest BCUT2D eigenvalue weighted by molar-refractivity contribution is 0.100. The molecule has 6 heteroatoms. The third-order valence-electron chi connectivity index (χ3n) is 1.91. The maximum Gasteiger partial charge on any atom is 0.251 e. The van der Waals surface area contributed by atoms with E-state index in [1.807, 2.05) is 6.07 Å². The van der Waals surface area contributed by atoms with Crippen LogP contribution in [-0.4, -0.2) is 14.7 Å². The Morgan fingerprint density at radius 3 is 2.79 bits per heavy atom. The first-order valence-electron chi connectivity index (χ1n) is 3.84. The number of carbonyl (C=O) groups excluding carboxylic acids is 1. The molecule has 2 rings (SSSR count). The average Bonchev–Trinajstić information content (AvgIpc) is 2.64. The van der Waals surface area contributed by atoms with Gasteiger partial charge in [-0.25, -0.2) is 0 Å². The standard InChI is InChI=1S/C8H6BrN3OS/c9-3-4-1-2-5(8(10)13)7-6(4)11-14-12-7/h1-2H,3H2,(H2,10,13). The zero-order chi connectivity index (χ0) is 10.1. The largest absolute Gasteiger partial charge is 0.366 e. The summed E-state index contributed by atoms with van der Waals surface area (Å²) in [6.45, 7) is 0. The normalized spacial score (nSPS) is 10.6. The average molecular weight is 272 g/mol. The summed E-state index contributed by atoms with van der Waals surface area (Å²) in [5, 5.41) is 0.688. The van der Waals surface area contributed by atoms with Crippen LogP contribution >= 0.6 is 27.7 Å². The van der Waals surface area contributed by atoms with Crippen LogP contribution in [0.5, 0.6) is 0 Å². The number of fused-ring (bicyclic) bond motifs is 1. The van der Waals surface area contributed by atoms with Crippen molar-refractivity contribution >= 4 is 44.6 Å². The molecule has 14 heavy (non-hydrogen) atoms. The number of nitrogens with zero attached hydrogens (tertiary/aromatic N) is 2. The summed E-state index contributed by atoms with van der Waals surface area (Å²) in [7, 11) is 0. The lowest BCUT2D eigenvalue weighted by Crippen LogP contribution is -2.11. The zero-order valence-electron chi connectivity index (χ0n) is 7.03. The van der Waals surface area contributed by atoms with Gasteiger partial charge in [0.2, 0.25) is 0 Å². The number of hydrogen-bond donors (Lipinski definition) is 1. The van der Waals surface area contributed by atoms with Gasteiger partial charge in [0.15, 0.2) is 0 Å². The van der Waals surface area contributed by atoms with Crippen molar-refractivity contribution in [3.05, 3.63) is 23.3 Å². The van der Waals surface area contributed by atoms with E-state index in [0.29, 0.717) is 16.4 Å². The Kier molecular flexibility index (Phi) is 2.47. The quantitative estimate of drug-likeness (QED) is 0.846. The van der Waals surface area contributed by atoms with Crippen molar-refractivity contribution in [1.29, 1.82) is 0 Å². The second-order valence-electron chi connectivity index (χ2n) is 2.73. The van der Waals surface area contributed by atoms with Gasteiger partial charge in [-0.2, -0.15) is 8.75 Å². The molecule has 0 radical (unpaired) electrons. The van der Waals surface area contributed by atoms with Gasteiger partial charge in [-0.15, -0.1) is 0 Å². The molecule has 0 aliphatic carbocycles. The Balaban J connectivity index is 2.78. The van der Waals surface area contributed by atoms with Gasteiger partial charge in [0.1, 0.15) is 11.0 Å². The van der Waals surface area contributed by atoms with Crippen LogP contribution in [0, 0.1) is 0 Å². The number of carbonyl (C=O) groups is 1. The summed E-state index contributed by atoms with van der Waals surface area (Å²) in [5.74, 6) is -0.469. The highest BCUT2D eigenvalue weighted by atomic mass is 79.9. The molecule has 72 valence electrons. The van der Waals surface area contributed by atoms with Crippen molar-refractivity contribution in [3.8, 4) is 0 Å². The van der Waals surface area contributed by atoms with E-state index in [0.717, 1.165) is 22.8 Å². The molecule has 0 bridgehead atoms. The Morgan fingerprint density at radius 2 is 2.14 bits per heavy atom. The highest BCUT2D eigenvalue weighted by Gasteiger charge is 2.12. The molecule has 0 aliphatic rings. The van der Waals surface area contributed by atoms with Crippen molar-refractivity contribution in [2.45, 2.75) is 5.33 Å². The molecule has 2 aromatic rings. The fourth-order valence-electron chi connectivity index (χ4n) is 1.22. The minimum absolute atomic E-state index is 0.429. The van der Waals surface area contributed by atoms with Crippen molar-refractivity contribution < 1.29 is 4.79 Å². The second-order valence-corrected chi connectivity index (χ2v) is 3.82. The van der Waals surface area contributed by atoms with Gasteiger partial charge < -0.3 is 5.73 Å². The monoisotopic (exact) mass is 271 g/mol. The van der Waals surface area contributed by atoms with E-state index in [2.05, 4.69) is 24.7 Å². The predicted molar refractivity (Wildman–Crippen MR) is 58.6 cm³/mol. The van der Waals surface area contributed by atoms with Gasteiger partial charge >= 0.3 is 0 Å². The van der Waals surface area contributed by atoms with Gasteiger partial charge in [0.05, 0.1) is 17.3 Å². The summed E-state index contributed by atoms with van der Waals surface area (Å²) >= 11 is 4.43. The molecule has 0 saturated heterocycles. The Morgan fingerprint density at radius 1 is 1.43 bits per heavy atom. The first-order chi connectivity index (χ1) is 6.74. The van der Waals surface area contributed by atoms with Crippen LogP contribution in [0.4, 0.5) is 0 Å². The van der Waals surface area contributed by atoms with Crippen LogP contribution in [0.1, 0.15) is 15.9 Å². The van der Waals surface area contributed by atoms with Crippen LogP contribution in [0.3, 0.4) is 0 Å². The number of rotatable bonds is 2. The van der Waals surface area contributed by atoms with E-state index in [1.165, 1.54) is 0 Å². The number of nitrogens with two attached hydrogens (primary N) is 1. The number of aromatic nitrogens is 2. The molecule has 0 aliphatic heterocycles. The third-order valence-corrected chi connectivity index (χ3v) is 3.04. The van der Waals surface area contributed by atoms with Crippen LogP contribution in [0.2, 0.25) is 0 Å². The van der Waals surface area contributed by atoms with E-state index in [4.69, 9.17) is 5.73 Å². The molecule has 1 aromatic carbocycles. The lowest BCUT2D eigenvalue weighted by Gasteiger charge is -1.99. The topological polar surface area (TPSA) is 68.9 Å². The zero-order valence-corrected chi connectivity index (χ0v) is 9.43. The van der Waals surface area contributed by atoms with Gasteiger partial charge in [0, 0.05) is 5.33 Å². The summed E-state index contributed by atoms with van der Waals surface area (Å²) < 4.78 is 8.18.